The number of thiazole rings is 1. The second-order valence-electron chi connectivity index (χ2n) is 5.78. The van der Waals surface area contributed by atoms with Crippen LogP contribution in [0.4, 0.5) is 11.4 Å². The first-order valence-electron chi connectivity index (χ1n) is 7.91. The van der Waals surface area contributed by atoms with Crippen molar-refractivity contribution in [3.05, 3.63) is 42.0 Å². The molecule has 0 fully saturated rings. The number of hydrogen-bond donors (Lipinski definition) is 2. The molecule has 0 saturated heterocycles. The van der Waals surface area contributed by atoms with Crippen LogP contribution in [0.15, 0.2) is 45.6 Å². The first kappa shape index (κ1) is 17.4. The van der Waals surface area contributed by atoms with Gasteiger partial charge in [-0.2, -0.15) is 0 Å². The summed E-state index contributed by atoms with van der Waals surface area (Å²) in [6, 6.07) is 11.1. The third-order valence-electron chi connectivity index (χ3n) is 3.97. The maximum atomic E-state index is 12.6. The maximum absolute atomic E-state index is 12.6. The second kappa shape index (κ2) is 6.94. The van der Waals surface area contributed by atoms with Crippen molar-refractivity contribution < 1.29 is 9.59 Å². The van der Waals surface area contributed by atoms with Gasteiger partial charge in [0.1, 0.15) is 0 Å². The first-order chi connectivity index (χ1) is 12.5. The van der Waals surface area contributed by atoms with E-state index in [1.54, 1.807) is 35.2 Å². The van der Waals surface area contributed by atoms with Crippen molar-refractivity contribution in [2.75, 3.05) is 16.9 Å². The minimum absolute atomic E-state index is 0.0414. The maximum Gasteiger partial charge on any atom is 0.255 e. The van der Waals surface area contributed by atoms with E-state index < -0.39 is 0 Å². The normalized spacial score (nSPS) is 16.2. The summed E-state index contributed by atoms with van der Waals surface area (Å²) in [7, 11) is 0. The van der Waals surface area contributed by atoms with Gasteiger partial charge in [-0.15, -0.1) is 23.1 Å². The standard InChI is InChI=1S/C18H15N3O2S3/c1-9-16(22)20-13-7-10(3-6-14(13)25-9)17(23)19-11-4-5-12-15(8-11)26-18(21-12)24-2/h3-9H,1-2H3,(H,19,23)(H,20,22). The van der Waals surface area contributed by atoms with E-state index in [0.29, 0.717) is 11.3 Å². The Morgan fingerprint density at radius 3 is 2.92 bits per heavy atom. The zero-order valence-electron chi connectivity index (χ0n) is 14.0. The Morgan fingerprint density at radius 1 is 1.27 bits per heavy atom. The number of anilines is 2. The van der Waals surface area contributed by atoms with E-state index in [1.165, 1.54) is 11.8 Å². The second-order valence-corrected chi connectivity index (χ2v) is 9.25. The quantitative estimate of drug-likeness (QED) is 0.622. The molecule has 1 aliphatic rings. The van der Waals surface area contributed by atoms with E-state index in [2.05, 4.69) is 15.6 Å². The highest BCUT2D eigenvalue weighted by molar-refractivity contribution is 8.01. The lowest BCUT2D eigenvalue weighted by molar-refractivity contribution is -0.115. The molecule has 2 N–H and O–H groups in total. The van der Waals surface area contributed by atoms with Gasteiger partial charge in [0.05, 0.1) is 21.2 Å². The Hall–Kier alpha value is -2.03. The van der Waals surface area contributed by atoms with E-state index in [4.69, 9.17) is 0 Å². The molecule has 0 bridgehead atoms. The van der Waals surface area contributed by atoms with Crippen LogP contribution in [-0.4, -0.2) is 28.3 Å². The van der Waals surface area contributed by atoms with Gasteiger partial charge in [0.25, 0.3) is 5.91 Å². The van der Waals surface area contributed by atoms with E-state index in [9.17, 15) is 9.59 Å². The molecule has 5 nitrogen and oxygen atoms in total. The number of amides is 2. The number of fused-ring (bicyclic) bond motifs is 2. The van der Waals surface area contributed by atoms with Gasteiger partial charge in [-0.1, -0.05) is 11.8 Å². The molecular weight excluding hydrogens is 386 g/mol. The van der Waals surface area contributed by atoms with Crippen LogP contribution < -0.4 is 10.6 Å². The number of aromatic nitrogens is 1. The van der Waals surface area contributed by atoms with Gasteiger partial charge in [0.15, 0.2) is 4.34 Å². The lowest BCUT2D eigenvalue weighted by Gasteiger charge is -2.21. The molecule has 1 atom stereocenters. The van der Waals surface area contributed by atoms with Crippen molar-refractivity contribution in [2.45, 2.75) is 21.4 Å². The number of nitrogens with one attached hydrogen (secondary N) is 2. The van der Waals surface area contributed by atoms with Crippen molar-refractivity contribution in [2.24, 2.45) is 0 Å². The van der Waals surface area contributed by atoms with E-state index >= 15 is 0 Å². The molecule has 0 aliphatic carbocycles. The predicted octanol–water partition coefficient (Wildman–Crippen LogP) is 4.70. The number of rotatable bonds is 3. The average molecular weight is 402 g/mol. The predicted molar refractivity (Wildman–Crippen MR) is 110 cm³/mol. The lowest BCUT2D eigenvalue weighted by Crippen LogP contribution is -2.26. The third-order valence-corrected chi connectivity index (χ3v) is 7.15. The van der Waals surface area contributed by atoms with E-state index in [-0.39, 0.29) is 17.1 Å². The number of carbonyl (C=O) groups is 2. The summed E-state index contributed by atoms with van der Waals surface area (Å²) < 4.78 is 2.04. The summed E-state index contributed by atoms with van der Waals surface area (Å²) in [4.78, 5) is 29.9. The Labute approximate surface area is 163 Å². The molecule has 3 aromatic rings. The van der Waals surface area contributed by atoms with Gasteiger partial charge in [-0.3, -0.25) is 9.59 Å². The lowest BCUT2D eigenvalue weighted by atomic mass is 10.1. The zero-order chi connectivity index (χ0) is 18.3. The summed E-state index contributed by atoms with van der Waals surface area (Å²) >= 11 is 4.71. The molecule has 132 valence electrons. The minimum Gasteiger partial charge on any atom is -0.324 e. The molecular formula is C18H15N3O2S3. The molecule has 1 aliphatic heterocycles. The summed E-state index contributed by atoms with van der Waals surface area (Å²) in [5.74, 6) is -0.250. The number of benzene rings is 2. The topological polar surface area (TPSA) is 71.1 Å². The highest BCUT2D eigenvalue weighted by atomic mass is 32.2. The van der Waals surface area contributed by atoms with Gasteiger partial charge in [0.2, 0.25) is 5.91 Å². The summed E-state index contributed by atoms with van der Waals surface area (Å²) in [5, 5.41) is 5.65. The van der Waals surface area contributed by atoms with Crippen LogP contribution >= 0.6 is 34.9 Å². The SMILES string of the molecule is CSc1nc2ccc(NC(=O)c3ccc4c(c3)NC(=O)C(C)S4)cc2s1. The highest BCUT2D eigenvalue weighted by Crippen LogP contribution is 2.36. The molecule has 2 amide bonds. The number of carbonyl (C=O) groups excluding carboxylic acids is 2. The molecule has 1 unspecified atom stereocenters. The fraction of sp³-hybridized carbons (Fsp3) is 0.167. The monoisotopic (exact) mass is 401 g/mol. The van der Waals surface area contributed by atoms with Crippen LogP contribution in [0.5, 0.6) is 0 Å². The zero-order valence-corrected chi connectivity index (χ0v) is 16.5. The van der Waals surface area contributed by atoms with E-state index in [1.807, 2.05) is 37.4 Å². The number of thioether (sulfide) groups is 2. The van der Waals surface area contributed by atoms with Crippen molar-refractivity contribution in [3.63, 3.8) is 0 Å². The van der Waals surface area contributed by atoms with Crippen molar-refractivity contribution in [3.8, 4) is 0 Å². The molecule has 1 aromatic heterocycles. The molecule has 8 heteroatoms. The molecule has 2 aromatic carbocycles. The molecule has 2 heterocycles. The van der Waals surface area contributed by atoms with Crippen molar-refractivity contribution in [1.29, 1.82) is 0 Å². The van der Waals surface area contributed by atoms with Crippen molar-refractivity contribution >= 4 is 68.3 Å². The Morgan fingerprint density at radius 2 is 2.12 bits per heavy atom. The van der Waals surface area contributed by atoms with Crippen LogP contribution in [0.25, 0.3) is 10.2 Å². The molecule has 0 radical (unpaired) electrons. The van der Waals surface area contributed by atoms with Gasteiger partial charge in [0, 0.05) is 16.1 Å². The van der Waals surface area contributed by atoms with Crippen LogP contribution in [0.2, 0.25) is 0 Å². The van der Waals surface area contributed by atoms with Gasteiger partial charge >= 0.3 is 0 Å². The van der Waals surface area contributed by atoms with Crippen LogP contribution in [0, 0.1) is 0 Å². The molecule has 4 rings (SSSR count). The Kier molecular flexibility index (Phi) is 4.64. The summed E-state index contributed by atoms with van der Waals surface area (Å²) in [6.07, 6.45) is 1.99. The fourth-order valence-electron chi connectivity index (χ4n) is 2.62. The average Bonchev–Trinajstić information content (AvgIpc) is 3.04. The smallest absolute Gasteiger partial charge is 0.255 e. The van der Waals surface area contributed by atoms with Gasteiger partial charge in [-0.25, -0.2) is 4.98 Å². The summed E-state index contributed by atoms with van der Waals surface area (Å²) in [6.45, 7) is 1.86. The Balaban J connectivity index is 1.56. The fourth-order valence-corrected chi connectivity index (χ4v) is 5.08. The number of hydrogen-bond acceptors (Lipinski definition) is 6. The highest BCUT2D eigenvalue weighted by Gasteiger charge is 2.23. The first-order valence-corrected chi connectivity index (χ1v) is 10.8. The van der Waals surface area contributed by atoms with Crippen molar-refractivity contribution in [1.82, 2.24) is 4.98 Å². The molecule has 0 spiro atoms. The van der Waals surface area contributed by atoms with Gasteiger partial charge in [-0.05, 0) is 49.6 Å². The Bertz CT molecular complexity index is 1030. The molecule has 26 heavy (non-hydrogen) atoms. The third kappa shape index (κ3) is 3.32. The van der Waals surface area contributed by atoms with Crippen LogP contribution in [0.1, 0.15) is 17.3 Å². The minimum atomic E-state index is -0.209. The molecule has 0 saturated carbocycles. The van der Waals surface area contributed by atoms with Gasteiger partial charge < -0.3 is 10.6 Å². The van der Waals surface area contributed by atoms with Crippen LogP contribution in [0.3, 0.4) is 0 Å². The number of nitrogens with zero attached hydrogens (tertiary/aromatic N) is 1. The summed E-state index contributed by atoms with van der Waals surface area (Å²) in [5.41, 5.74) is 2.85. The largest absolute Gasteiger partial charge is 0.324 e. The van der Waals surface area contributed by atoms with E-state index in [0.717, 1.165) is 25.1 Å². The van der Waals surface area contributed by atoms with Crippen LogP contribution in [-0.2, 0) is 4.79 Å².